The zero-order chi connectivity index (χ0) is 8.10. The highest BCUT2D eigenvalue weighted by Crippen LogP contribution is 2.01. The minimum Gasteiger partial charge on any atom is -0.363 e. The molecule has 1 atom stereocenters. The van der Waals surface area contributed by atoms with Gasteiger partial charge in [-0.3, -0.25) is 5.06 Å². The molecule has 1 heterocycles. The number of hydroxylamine groups is 2. The van der Waals surface area contributed by atoms with Gasteiger partial charge in [0.1, 0.15) is 0 Å². The summed E-state index contributed by atoms with van der Waals surface area (Å²) in [5, 5.41) is 10.5. The van der Waals surface area contributed by atoms with Gasteiger partial charge in [0, 0.05) is 6.20 Å². The monoisotopic (exact) mass is 153 g/mol. The van der Waals surface area contributed by atoms with Gasteiger partial charge in [-0.15, -0.1) is 0 Å². The smallest absolute Gasteiger partial charge is 0.200 e. The highest BCUT2D eigenvalue weighted by molar-refractivity contribution is 5.06. The first-order valence-corrected chi connectivity index (χ1v) is 3.40. The summed E-state index contributed by atoms with van der Waals surface area (Å²) in [5.41, 5.74) is 0. The summed E-state index contributed by atoms with van der Waals surface area (Å²) in [7, 11) is 0. The highest BCUT2D eigenvalue weighted by Gasteiger charge is 2.04. The molecule has 0 aromatic carbocycles. The van der Waals surface area contributed by atoms with Crippen LogP contribution in [-0.4, -0.2) is 23.0 Å². The van der Waals surface area contributed by atoms with Crippen LogP contribution < -0.4 is 0 Å². The number of hydrogen-bond acceptors (Lipinski definition) is 3. The summed E-state index contributed by atoms with van der Waals surface area (Å²) in [4.78, 5) is 4.97. The van der Waals surface area contributed by atoms with Crippen molar-refractivity contribution >= 4 is 0 Å². The zero-order valence-corrected chi connectivity index (χ0v) is 6.18. The van der Waals surface area contributed by atoms with E-state index in [1.807, 2.05) is 18.2 Å². The molecule has 11 heavy (non-hydrogen) atoms. The Hall–Kier alpha value is -1.06. The van der Waals surface area contributed by atoms with Crippen LogP contribution >= 0.6 is 0 Å². The highest BCUT2D eigenvalue weighted by atomic mass is 16.7. The van der Waals surface area contributed by atoms with E-state index in [-0.39, 0.29) is 0 Å². The van der Waals surface area contributed by atoms with E-state index in [4.69, 9.17) is 9.94 Å². The zero-order valence-electron chi connectivity index (χ0n) is 6.18. The van der Waals surface area contributed by atoms with Crippen LogP contribution in [0.3, 0.4) is 0 Å². The van der Waals surface area contributed by atoms with Gasteiger partial charge in [-0.1, -0.05) is 18.7 Å². The van der Waals surface area contributed by atoms with Crippen LogP contribution in [0.4, 0.5) is 0 Å². The van der Waals surface area contributed by atoms with E-state index in [1.54, 1.807) is 6.20 Å². The molecule has 0 aromatic heterocycles. The minimum atomic E-state index is -0.925. The fourth-order valence-electron chi connectivity index (χ4n) is 0.710. The van der Waals surface area contributed by atoms with Gasteiger partial charge >= 0.3 is 0 Å². The molecular formula is C8H11NO2. The summed E-state index contributed by atoms with van der Waals surface area (Å²) in [6, 6.07) is 0. The normalized spacial score (nSPS) is 18.5. The lowest BCUT2D eigenvalue weighted by atomic mass is 10.4. The maximum absolute atomic E-state index is 8.97. The maximum atomic E-state index is 8.97. The Balaban J connectivity index is 2.32. The van der Waals surface area contributed by atoms with Gasteiger partial charge in [-0.2, -0.15) is 0 Å². The third kappa shape index (κ3) is 2.57. The number of aliphatic hydroxyl groups is 1. The Morgan fingerprint density at radius 2 is 2.45 bits per heavy atom. The molecule has 0 bridgehead atoms. The molecule has 0 saturated carbocycles. The molecule has 0 unspecified atom stereocenters. The molecule has 0 radical (unpaired) electrons. The van der Waals surface area contributed by atoms with Crippen LogP contribution in [0.2, 0.25) is 0 Å². The molecular weight excluding hydrogens is 142 g/mol. The third-order valence-electron chi connectivity index (χ3n) is 1.23. The molecule has 1 rings (SSSR count). The molecule has 0 aliphatic carbocycles. The van der Waals surface area contributed by atoms with E-state index in [2.05, 4.69) is 6.58 Å². The molecule has 1 N–H and O–H groups in total. The van der Waals surface area contributed by atoms with E-state index in [1.165, 1.54) is 11.1 Å². The van der Waals surface area contributed by atoms with Crippen LogP contribution in [0.15, 0.2) is 37.1 Å². The van der Waals surface area contributed by atoms with Crippen molar-refractivity contribution in [2.75, 3.05) is 6.54 Å². The first-order chi connectivity index (χ1) is 5.33. The van der Waals surface area contributed by atoms with Crippen LogP contribution in [0.5, 0.6) is 0 Å². The lowest BCUT2D eigenvalue weighted by molar-refractivity contribution is -0.214. The number of aliphatic hydroxyl groups excluding tert-OH is 1. The molecule has 0 fully saturated rings. The Morgan fingerprint density at radius 3 is 3.00 bits per heavy atom. The van der Waals surface area contributed by atoms with Crippen LogP contribution in [0.25, 0.3) is 0 Å². The Labute approximate surface area is 65.8 Å². The van der Waals surface area contributed by atoms with Gasteiger partial charge in [-0.05, 0) is 12.2 Å². The average molecular weight is 153 g/mol. The summed E-state index contributed by atoms with van der Waals surface area (Å²) >= 11 is 0. The van der Waals surface area contributed by atoms with Gasteiger partial charge in [0.05, 0.1) is 6.54 Å². The second-order valence-electron chi connectivity index (χ2n) is 2.10. The second kappa shape index (κ2) is 3.95. The molecule has 3 heteroatoms. The largest absolute Gasteiger partial charge is 0.363 e. The Bertz CT molecular complexity index is 187. The van der Waals surface area contributed by atoms with Gasteiger partial charge in [-0.25, -0.2) is 4.84 Å². The lowest BCUT2D eigenvalue weighted by Gasteiger charge is -2.21. The van der Waals surface area contributed by atoms with Crippen LogP contribution in [0, 0.1) is 0 Å². The lowest BCUT2D eigenvalue weighted by Crippen LogP contribution is -2.25. The predicted octanol–water partition coefficient (Wildman–Crippen LogP) is 0.808. The number of hydrogen-bond donors (Lipinski definition) is 1. The number of nitrogens with zero attached hydrogens (tertiary/aromatic N) is 1. The fourth-order valence-corrected chi connectivity index (χ4v) is 0.710. The summed E-state index contributed by atoms with van der Waals surface area (Å²) in [5.74, 6) is 0. The van der Waals surface area contributed by atoms with E-state index >= 15 is 0 Å². The van der Waals surface area contributed by atoms with Gasteiger partial charge in [0.25, 0.3) is 0 Å². The number of rotatable bonds is 3. The van der Waals surface area contributed by atoms with Crippen molar-refractivity contribution in [1.29, 1.82) is 0 Å². The standard InChI is InChI=1S/C8H11NO2/c1-2-8(10)11-9-6-4-3-5-7-9/h2-6,8,10H,1,7H2/t8-/m1/s1. The van der Waals surface area contributed by atoms with Crippen molar-refractivity contribution in [3.05, 3.63) is 37.1 Å². The number of allylic oxidation sites excluding steroid dienone is 2. The summed E-state index contributed by atoms with van der Waals surface area (Å²) in [6.45, 7) is 4.04. The molecule has 60 valence electrons. The second-order valence-corrected chi connectivity index (χ2v) is 2.10. The van der Waals surface area contributed by atoms with Crippen molar-refractivity contribution in [2.24, 2.45) is 0 Å². The van der Waals surface area contributed by atoms with Gasteiger partial charge in [0.2, 0.25) is 0 Å². The molecule has 0 spiro atoms. The molecule has 3 nitrogen and oxygen atoms in total. The van der Waals surface area contributed by atoms with Crippen LogP contribution in [0.1, 0.15) is 0 Å². The van der Waals surface area contributed by atoms with Crippen molar-refractivity contribution in [1.82, 2.24) is 5.06 Å². The topological polar surface area (TPSA) is 32.7 Å². The fraction of sp³-hybridized carbons (Fsp3) is 0.250. The van der Waals surface area contributed by atoms with Crippen molar-refractivity contribution in [2.45, 2.75) is 6.29 Å². The third-order valence-corrected chi connectivity index (χ3v) is 1.23. The quantitative estimate of drug-likeness (QED) is 0.481. The van der Waals surface area contributed by atoms with Gasteiger partial charge in [0.15, 0.2) is 6.29 Å². The molecule has 0 aromatic rings. The predicted molar refractivity (Wildman–Crippen MR) is 42.3 cm³/mol. The Morgan fingerprint density at radius 1 is 1.64 bits per heavy atom. The van der Waals surface area contributed by atoms with E-state index in [0.717, 1.165) is 0 Å². The molecule has 0 saturated heterocycles. The minimum absolute atomic E-state index is 0.654. The van der Waals surface area contributed by atoms with Gasteiger partial charge < -0.3 is 5.11 Å². The van der Waals surface area contributed by atoms with E-state index in [0.29, 0.717) is 6.54 Å². The van der Waals surface area contributed by atoms with Crippen LogP contribution in [-0.2, 0) is 4.84 Å². The first-order valence-electron chi connectivity index (χ1n) is 3.40. The van der Waals surface area contributed by atoms with Crippen molar-refractivity contribution in [3.63, 3.8) is 0 Å². The maximum Gasteiger partial charge on any atom is 0.200 e. The molecule has 1 aliphatic heterocycles. The van der Waals surface area contributed by atoms with E-state index < -0.39 is 6.29 Å². The van der Waals surface area contributed by atoms with Crippen molar-refractivity contribution in [3.8, 4) is 0 Å². The van der Waals surface area contributed by atoms with Crippen molar-refractivity contribution < 1.29 is 9.94 Å². The summed E-state index contributed by atoms with van der Waals surface area (Å²) in [6.07, 6.45) is 7.82. The van der Waals surface area contributed by atoms with E-state index in [9.17, 15) is 0 Å². The summed E-state index contributed by atoms with van der Waals surface area (Å²) < 4.78 is 0. The first kappa shape index (κ1) is 8.04. The SMILES string of the molecule is C=C[C@H](O)ON1C=CC=CC1. The Kier molecular flexibility index (Phi) is 2.89. The molecule has 0 amide bonds. The molecule has 1 aliphatic rings. The average Bonchev–Trinajstić information content (AvgIpc) is 2.06.